The van der Waals surface area contributed by atoms with Crippen LogP contribution in [0.1, 0.15) is 39.0 Å². The second-order valence-electron chi connectivity index (χ2n) is 7.87. The van der Waals surface area contributed by atoms with Crippen molar-refractivity contribution in [3.8, 4) is 0 Å². The number of nitrogens with zero attached hydrogens (tertiary/aromatic N) is 2. The molecule has 3 saturated heterocycles. The van der Waals surface area contributed by atoms with Crippen LogP contribution in [0.2, 0.25) is 0 Å². The van der Waals surface area contributed by atoms with Crippen molar-refractivity contribution in [2.75, 3.05) is 45.9 Å². The highest BCUT2D eigenvalue weighted by Gasteiger charge is 2.51. The number of hydrogen-bond acceptors (Lipinski definition) is 5. The molecule has 3 fully saturated rings. The second kappa shape index (κ2) is 8.56. The first-order chi connectivity index (χ1) is 13.0. The molecule has 3 rings (SSSR count). The predicted octanol–water partition coefficient (Wildman–Crippen LogP) is -0.249. The zero-order valence-electron chi connectivity index (χ0n) is 16.1. The molecule has 152 valence electrons. The maximum absolute atomic E-state index is 13.0. The number of carbonyl (C=O) groups excluding carboxylic acids is 3. The van der Waals surface area contributed by atoms with Gasteiger partial charge in [-0.05, 0) is 39.0 Å². The molecule has 0 aromatic rings. The van der Waals surface area contributed by atoms with Crippen molar-refractivity contribution in [1.82, 2.24) is 15.1 Å². The average molecular weight is 381 g/mol. The molecule has 8 heteroatoms. The Balaban J connectivity index is 1.57. The van der Waals surface area contributed by atoms with E-state index in [4.69, 9.17) is 4.74 Å². The normalized spacial score (nSPS) is 29.7. The molecule has 2 atom stereocenters. The Morgan fingerprint density at radius 1 is 1.22 bits per heavy atom. The fourth-order valence-electron chi connectivity index (χ4n) is 4.55. The fraction of sp³-hybridized carbons (Fsp3) is 0.842. The standard InChI is InChI=1S/C19H31N3O5/c1-2-27-12-16(24)21-9-4-14(5-10-21)17(25)22-11-6-15(23)19(13-22)7-3-8-20-18(19)26/h14-15,23H,2-13H2,1H3,(H,20,26)/t15-,19-/m1/s1. The molecule has 3 heterocycles. The second-order valence-corrected chi connectivity index (χ2v) is 7.87. The summed E-state index contributed by atoms with van der Waals surface area (Å²) in [5.41, 5.74) is -0.861. The molecule has 27 heavy (non-hydrogen) atoms. The average Bonchev–Trinajstić information content (AvgIpc) is 2.70. The van der Waals surface area contributed by atoms with Gasteiger partial charge in [0.05, 0.1) is 11.5 Å². The highest BCUT2D eigenvalue weighted by Crippen LogP contribution is 2.38. The first kappa shape index (κ1) is 20.1. The lowest BCUT2D eigenvalue weighted by atomic mass is 9.71. The third kappa shape index (κ3) is 4.11. The van der Waals surface area contributed by atoms with Gasteiger partial charge in [-0.3, -0.25) is 14.4 Å². The van der Waals surface area contributed by atoms with Crippen molar-refractivity contribution < 1.29 is 24.2 Å². The largest absolute Gasteiger partial charge is 0.392 e. The van der Waals surface area contributed by atoms with Crippen LogP contribution in [0.15, 0.2) is 0 Å². The van der Waals surface area contributed by atoms with E-state index in [1.807, 2.05) is 6.92 Å². The molecule has 3 amide bonds. The van der Waals surface area contributed by atoms with Gasteiger partial charge in [-0.15, -0.1) is 0 Å². The Kier molecular flexibility index (Phi) is 6.37. The van der Waals surface area contributed by atoms with Crippen LogP contribution in [-0.2, 0) is 19.1 Å². The number of carbonyl (C=O) groups is 3. The molecule has 1 spiro atoms. The van der Waals surface area contributed by atoms with E-state index in [0.717, 1.165) is 6.42 Å². The lowest BCUT2D eigenvalue weighted by molar-refractivity contribution is -0.158. The van der Waals surface area contributed by atoms with E-state index in [1.54, 1.807) is 9.80 Å². The van der Waals surface area contributed by atoms with E-state index in [2.05, 4.69) is 5.32 Å². The third-order valence-electron chi connectivity index (χ3n) is 6.26. The van der Waals surface area contributed by atoms with Gasteiger partial charge in [-0.25, -0.2) is 0 Å². The van der Waals surface area contributed by atoms with Crippen molar-refractivity contribution in [2.24, 2.45) is 11.3 Å². The molecule has 0 aromatic carbocycles. The molecular weight excluding hydrogens is 350 g/mol. The van der Waals surface area contributed by atoms with Crippen LogP contribution in [0.5, 0.6) is 0 Å². The molecule has 0 aromatic heterocycles. The van der Waals surface area contributed by atoms with E-state index in [1.165, 1.54) is 0 Å². The first-order valence-corrected chi connectivity index (χ1v) is 10.1. The van der Waals surface area contributed by atoms with Crippen LogP contribution in [0.4, 0.5) is 0 Å². The molecule has 0 saturated carbocycles. The van der Waals surface area contributed by atoms with E-state index in [9.17, 15) is 19.5 Å². The maximum Gasteiger partial charge on any atom is 0.248 e. The number of nitrogens with one attached hydrogen (secondary N) is 1. The SMILES string of the molecule is CCOCC(=O)N1CCC(C(=O)N2CC[C@@H](O)[C@@]3(CCCNC3=O)C2)CC1. The zero-order chi connectivity index (χ0) is 19.4. The molecule has 0 bridgehead atoms. The van der Waals surface area contributed by atoms with Crippen LogP contribution in [0.3, 0.4) is 0 Å². The summed E-state index contributed by atoms with van der Waals surface area (Å²) >= 11 is 0. The van der Waals surface area contributed by atoms with Crippen LogP contribution in [0, 0.1) is 11.3 Å². The number of ether oxygens (including phenoxy) is 1. The topological polar surface area (TPSA) is 99.2 Å². The van der Waals surface area contributed by atoms with Crippen molar-refractivity contribution in [2.45, 2.75) is 45.1 Å². The van der Waals surface area contributed by atoms with Gasteiger partial charge in [0.25, 0.3) is 0 Å². The monoisotopic (exact) mass is 381 g/mol. The van der Waals surface area contributed by atoms with Gasteiger partial charge < -0.3 is 25.0 Å². The highest BCUT2D eigenvalue weighted by molar-refractivity contribution is 5.86. The summed E-state index contributed by atoms with van der Waals surface area (Å²) in [5, 5.41) is 13.3. The quantitative estimate of drug-likeness (QED) is 0.700. The number of hydrogen-bond donors (Lipinski definition) is 2. The smallest absolute Gasteiger partial charge is 0.248 e. The van der Waals surface area contributed by atoms with Crippen LogP contribution >= 0.6 is 0 Å². The lowest BCUT2D eigenvalue weighted by Gasteiger charge is -2.47. The molecule has 0 unspecified atom stereocenters. The number of rotatable bonds is 4. The number of amides is 3. The summed E-state index contributed by atoms with van der Waals surface area (Å²) in [6.45, 7) is 4.99. The molecular formula is C19H31N3O5. The van der Waals surface area contributed by atoms with Crippen LogP contribution in [-0.4, -0.2) is 84.7 Å². The maximum atomic E-state index is 13.0. The van der Waals surface area contributed by atoms with E-state index >= 15 is 0 Å². The number of aliphatic hydroxyl groups excluding tert-OH is 1. The Morgan fingerprint density at radius 2 is 1.93 bits per heavy atom. The fourth-order valence-corrected chi connectivity index (χ4v) is 4.55. The summed E-state index contributed by atoms with van der Waals surface area (Å²) in [6, 6.07) is 0. The Bertz CT molecular complexity index is 576. The minimum absolute atomic E-state index is 0.0262. The highest BCUT2D eigenvalue weighted by atomic mass is 16.5. The Labute approximate surface area is 160 Å². The van der Waals surface area contributed by atoms with Gasteiger partial charge in [0.2, 0.25) is 17.7 Å². The predicted molar refractivity (Wildman–Crippen MR) is 97.7 cm³/mol. The summed E-state index contributed by atoms with van der Waals surface area (Å²) in [5.74, 6) is -0.228. The van der Waals surface area contributed by atoms with Crippen molar-refractivity contribution in [1.29, 1.82) is 0 Å². The summed E-state index contributed by atoms with van der Waals surface area (Å²) in [4.78, 5) is 41.1. The first-order valence-electron chi connectivity index (χ1n) is 10.1. The van der Waals surface area contributed by atoms with Crippen molar-refractivity contribution in [3.05, 3.63) is 0 Å². The summed E-state index contributed by atoms with van der Waals surface area (Å²) < 4.78 is 5.17. The molecule has 3 aliphatic rings. The van der Waals surface area contributed by atoms with Gasteiger partial charge in [0.1, 0.15) is 6.61 Å². The minimum atomic E-state index is -0.861. The van der Waals surface area contributed by atoms with E-state index in [0.29, 0.717) is 65.0 Å². The van der Waals surface area contributed by atoms with Gasteiger partial charge in [0, 0.05) is 45.2 Å². The van der Waals surface area contributed by atoms with Gasteiger partial charge in [0.15, 0.2) is 0 Å². The summed E-state index contributed by atoms with van der Waals surface area (Å²) in [6.07, 6.45) is 2.45. The van der Waals surface area contributed by atoms with Gasteiger partial charge in [-0.1, -0.05) is 0 Å². The molecule has 2 N–H and O–H groups in total. The van der Waals surface area contributed by atoms with Crippen LogP contribution < -0.4 is 5.32 Å². The third-order valence-corrected chi connectivity index (χ3v) is 6.26. The van der Waals surface area contributed by atoms with Crippen molar-refractivity contribution in [3.63, 3.8) is 0 Å². The molecule has 0 aliphatic carbocycles. The lowest BCUT2D eigenvalue weighted by Crippen LogP contribution is -2.62. The molecule has 3 aliphatic heterocycles. The summed E-state index contributed by atoms with van der Waals surface area (Å²) in [7, 11) is 0. The molecule has 8 nitrogen and oxygen atoms in total. The molecule has 0 radical (unpaired) electrons. The van der Waals surface area contributed by atoms with E-state index < -0.39 is 11.5 Å². The number of aliphatic hydroxyl groups is 1. The Morgan fingerprint density at radius 3 is 2.59 bits per heavy atom. The Hall–Kier alpha value is -1.67. The van der Waals surface area contributed by atoms with Gasteiger partial charge in [-0.2, -0.15) is 0 Å². The van der Waals surface area contributed by atoms with E-state index in [-0.39, 0.29) is 30.2 Å². The van der Waals surface area contributed by atoms with Gasteiger partial charge >= 0.3 is 0 Å². The number of likely N-dealkylation sites (tertiary alicyclic amines) is 2. The van der Waals surface area contributed by atoms with Crippen molar-refractivity contribution >= 4 is 17.7 Å². The minimum Gasteiger partial charge on any atom is -0.392 e. The number of piperidine rings is 3. The zero-order valence-corrected chi connectivity index (χ0v) is 16.1. The van der Waals surface area contributed by atoms with Crippen LogP contribution in [0.25, 0.3) is 0 Å².